The molecule has 0 saturated carbocycles. The number of H-pyrrole nitrogens is 1. The van der Waals surface area contributed by atoms with Crippen LogP contribution in [0.3, 0.4) is 0 Å². The van der Waals surface area contributed by atoms with E-state index in [4.69, 9.17) is 9.47 Å². The highest BCUT2D eigenvalue weighted by molar-refractivity contribution is 9.10. The van der Waals surface area contributed by atoms with E-state index in [9.17, 15) is 19.2 Å². The maximum absolute atomic E-state index is 13.4. The smallest absolute Gasteiger partial charge is 0.337 e. The Morgan fingerprint density at radius 3 is 2.65 bits per heavy atom. The van der Waals surface area contributed by atoms with Crippen LogP contribution < -0.4 is 10.3 Å². The predicted molar refractivity (Wildman–Crippen MR) is 116 cm³/mol. The zero-order valence-corrected chi connectivity index (χ0v) is 18.6. The molecular formula is C23H18BrFN2O4. The Balaban J connectivity index is 2.14. The molecule has 1 heterocycles. The molecule has 0 aliphatic carbocycles. The summed E-state index contributed by atoms with van der Waals surface area (Å²) in [7, 11) is 1.30. The number of nitriles is 1. The summed E-state index contributed by atoms with van der Waals surface area (Å²) in [6, 6.07) is 10.9. The Labute approximate surface area is 186 Å². The molecule has 0 fully saturated rings. The lowest BCUT2D eigenvalue weighted by molar-refractivity contribution is 0.0600. The summed E-state index contributed by atoms with van der Waals surface area (Å²) >= 11 is 3.28. The van der Waals surface area contributed by atoms with Crippen LogP contribution in [0, 0.1) is 31.0 Å². The first-order chi connectivity index (χ1) is 14.8. The van der Waals surface area contributed by atoms with Crippen LogP contribution in [0.4, 0.5) is 4.39 Å². The molecule has 2 aromatic carbocycles. The molecule has 0 spiro atoms. The van der Waals surface area contributed by atoms with E-state index in [1.54, 1.807) is 25.1 Å². The molecule has 1 N–H and O–H groups in total. The van der Waals surface area contributed by atoms with Gasteiger partial charge in [-0.15, -0.1) is 0 Å². The van der Waals surface area contributed by atoms with Crippen molar-refractivity contribution in [1.82, 2.24) is 4.98 Å². The number of carbonyl (C=O) groups is 1. The summed E-state index contributed by atoms with van der Waals surface area (Å²) in [6.45, 7) is 3.53. The molecule has 0 saturated heterocycles. The number of carbonyl (C=O) groups excluding carboxylic acids is 1. The standard InChI is InChI=1S/C23H18BrFN2O4/c1-12-4-5-14(23(29)30-3)9-18(12)19-13(2)27-22(28)20(24)21(19)31-11-15-6-7-17(25)8-16(15)10-26/h4-9H,11H2,1-3H3,(H,27,28). The monoisotopic (exact) mass is 484 g/mol. The third-order valence-electron chi connectivity index (χ3n) is 4.79. The van der Waals surface area contributed by atoms with Gasteiger partial charge in [0.2, 0.25) is 0 Å². The summed E-state index contributed by atoms with van der Waals surface area (Å²) in [5.41, 5.74) is 3.20. The minimum atomic E-state index is -0.524. The first kappa shape index (κ1) is 22.2. The summed E-state index contributed by atoms with van der Waals surface area (Å²) in [5, 5.41) is 9.28. The molecule has 6 nitrogen and oxygen atoms in total. The molecule has 0 atom stereocenters. The van der Waals surface area contributed by atoms with Crippen LogP contribution in [0.25, 0.3) is 11.1 Å². The van der Waals surface area contributed by atoms with Crippen molar-refractivity contribution in [2.75, 3.05) is 7.11 Å². The van der Waals surface area contributed by atoms with Gasteiger partial charge in [0.05, 0.1) is 24.3 Å². The number of aromatic nitrogens is 1. The van der Waals surface area contributed by atoms with Crippen LogP contribution >= 0.6 is 15.9 Å². The quantitative estimate of drug-likeness (QED) is 0.525. The number of nitrogens with zero attached hydrogens (tertiary/aromatic N) is 1. The van der Waals surface area contributed by atoms with Crippen molar-refractivity contribution >= 4 is 21.9 Å². The van der Waals surface area contributed by atoms with E-state index in [-0.39, 0.29) is 22.4 Å². The maximum atomic E-state index is 13.4. The Bertz CT molecular complexity index is 1280. The fourth-order valence-corrected chi connectivity index (χ4v) is 3.61. The van der Waals surface area contributed by atoms with Crippen molar-refractivity contribution in [3.63, 3.8) is 0 Å². The molecule has 0 amide bonds. The third-order valence-corrected chi connectivity index (χ3v) is 5.51. The van der Waals surface area contributed by atoms with Gasteiger partial charge in [-0.2, -0.15) is 5.26 Å². The van der Waals surface area contributed by atoms with Gasteiger partial charge < -0.3 is 14.5 Å². The second-order valence-corrected chi connectivity index (χ2v) is 7.61. The average Bonchev–Trinajstić information content (AvgIpc) is 2.75. The molecule has 158 valence electrons. The summed E-state index contributed by atoms with van der Waals surface area (Å²) in [6.07, 6.45) is 0. The van der Waals surface area contributed by atoms with Crippen molar-refractivity contribution in [2.24, 2.45) is 0 Å². The van der Waals surface area contributed by atoms with Gasteiger partial charge in [0.25, 0.3) is 5.56 Å². The first-order valence-corrected chi connectivity index (χ1v) is 9.99. The summed E-state index contributed by atoms with van der Waals surface area (Å²) < 4.78 is 24.4. The van der Waals surface area contributed by atoms with Crippen molar-refractivity contribution in [3.05, 3.63) is 85.0 Å². The minimum Gasteiger partial charge on any atom is -0.487 e. The molecular weight excluding hydrogens is 467 g/mol. The predicted octanol–water partition coefficient (Wildman–Crippen LogP) is 4.80. The van der Waals surface area contributed by atoms with Gasteiger partial charge >= 0.3 is 5.97 Å². The van der Waals surface area contributed by atoms with Crippen LogP contribution in [0.2, 0.25) is 0 Å². The van der Waals surface area contributed by atoms with Crippen molar-refractivity contribution < 1.29 is 18.7 Å². The number of halogens is 2. The fraction of sp³-hybridized carbons (Fsp3) is 0.174. The van der Waals surface area contributed by atoms with Crippen molar-refractivity contribution in [1.29, 1.82) is 5.26 Å². The number of benzene rings is 2. The summed E-state index contributed by atoms with van der Waals surface area (Å²) in [5.74, 6) is -0.765. The van der Waals surface area contributed by atoms with E-state index in [0.29, 0.717) is 27.9 Å². The average molecular weight is 485 g/mol. The van der Waals surface area contributed by atoms with Crippen LogP contribution in [-0.2, 0) is 11.3 Å². The number of nitrogens with one attached hydrogen (secondary N) is 1. The Kier molecular flexibility index (Phi) is 6.56. The molecule has 0 radical (unpaired) electrons. The van der Waals surface area contributed by atoms with E-state index in [2.05, 4.69) is 20.9 Å². The Morgan fingerprint density at radius 1 is 1.23 bits per heavy atom. The fourth-order valence-electron chi connectivity index (χ4n) is 3.20. The lowest BCUT2D eigenvalue weighted by atomic mass is 9.96. The third kappa shape index (κ3) is 4.52. The van der Waals surface area contributed by atoms with Gasteiger partial charge in [0.15, 0.2) is 0 Å². The van der Waals surface area contributed by atoms with Crippen LogP contribution in [0.5, 0.6) is 5.75 Å². The number of esters is 1. The number of hydrogen-bond donors (Lipinski definition) is 1. The van der Waals surface area contributed by atoms with Crippen LogP contribution in [0.1, 0.15) is 32.7 Å². The normalized spacial score (nSPS) is 10.5. The molecule has 8 heteroatoms. The molecule has 0 unspecified atom stereocenters. The van der Waals surface area contributed by atoms with E-state index in [1.807, 2.05) is 13.0 Å². The Morgan fingerprint density at radius 2 is 1.97 bits per heavy atom. The zero-order valence-electron chi connectivity index (χ0n) is 17.0. The number of rotatable bonds is 5. The number of aryl methyl sites for hydroxylation is 2. The van der Waals surface area contributed by atoms with Gasteiger partial charge in [0.1, 0.15) is 22.6 Å². The van der Waals surface area contributed by atoms with Crippen molar-refractivity contribution in [3.8, 4) is 22.9 Å². The Hall–Kier alpha value is -3.44. The highest BCUT2D eigenvalue weighted by Gasteiger charge is 2.21. The highest BCUT2D eigenvalue weighted by atomic mass is 79.9. The molecule has 0 aliphatic heterocycles. The number of methoxy groups -OCH3 is 1. The van der Waals surface area contributed by atoms with Crippen LogP contribution in [0.15, 0.2) is 45.7 Å². The van der Waals surface area contributed by atoms with Gasteiger partial charge in [-0.1, -0.05) is 12.1 Å². The molecule has 3 rings (SSSR count). The second-order valence-electron chi connectivity index (χ2n) is 6.82. The van der Waals surface area contributed by atoms with E-state index >= 15 is 0 Å². The maximum Gasteiger partial charge on any atom is 0.337 e. The summed E-state index contributed by atoms with van der Waals surface area (Å²) in [4.78, 5) is 27.2. The molecule has 1 aromatic heterocycles. The number of ether oxygens (including phenoxy) is 2. The minimum absolute atomic E-state index is 0.0621. The first-order valence-electron chi connectivity index (χ1n) is 9.19. The lowest BCUT2D eigenvalue weighted by Crippen LogP contribution is -2.13. The van der Waals surface area contributed by atoms with Crippen LogP contribution in [-0.4, -0.2) is 18.1 Å². The van der Waals surface area contributed by atoms with Crippen molar-refractivity contribution in [2.45, 2.75) is 20.5 Å². The van der Waals surface area contributed by atoms with Gasteiger partial charge in [-0.25, -0.2) is 9.18 Å². The van der Waals surface area contributed by atoms with Gasteiger partial charge in [-0.3, -0.25) is 4.79 Å². The van der Waals surface area contributed by atoms with E-state index < -0.39 is 17.3 Å². The van der Waals surface area contributed by atoms with E-state index in [1.165, 1.54) is 19.2 Å². The lowest BCUT2D eigenvalue weighted by Gasteiger charge is -2.18. The molecule has 0 bridgehead atoms. The van der Waals surface area contributed by atoms with Gasteiger partial charge in [-0.05, 0) is 65.2 Å². The SMILES string of the molecule is COC(=O)c1ccc(C)c(-c2c(C)[nH]c(=O)c(Br)c2OCc2ccc(F)cc2C#N)c1. The number of aromatic amines is 1. The molecule has 0 aliphatic rings. The van der Waals surface area contributed by atoms with E-state index in [0.717, 1.165) is 11.6 Å². The van der Waals surface area contributed by atoms with Gasteiger partial charge in [0, 0.05) is 16.8 Å². The number of hydrogen-bond acceptors (Lipinski definition) is 5. The molecule has 3 aromatic rings. The number of pyridine rings is 1. The topological polar surface area (TPSA) is 92.2 Å². The largest absolute Gasteiger partial charge is 0.487 e. The zero-order chi connectivity index (χ0) is 22.7. The molecule has 31 heavy (non-hydrogen) atoms. The highest BCUT2D eigenvalue weighted by Crippen LogP contribution is 2.39. The second kappa shape index (κ2) is 9.14.